The molecule has 5 amide bonds. The first-order chi connectivity index (χ1) is 36.1. The van der Waals surface area contributed by atoms with Crippen LogP contribution < -0.4 is 25.8 Å². The van der Waals surface area contributed by atoms with Crippen LogP contribution in [-0.4, -0.2) is 165 Å². The van der Waals surface area contributed by atoms with Gasteiger partial charge in [0.15, 0.2) is 17.0 Å². The minimum atomic E-state index is -0.967. The minimum Gasteiger partial charge on any atom is -0.369 e. The molecule has 0 radical (unpaired) electrons. The smallest absolute Gasteiger partial charge is 0.262 e. The van der Waals surface area contributed by atoms with Crippen LogP contribution in [0.15, 0.2) is 85.5 Å². The third-order valence-electron chi connectivity index (χ3n) is 16.9. The fraction of sp³-hybridized carbons (Fsp3) is 0.464. The third-order valence-corrected chi connectivity index (χ3v) is 16.9. The van der Waals surface area contributed by atoms with E-state index in [1.54, 1.807) is 18.5 Å². The molecule has 18 nitrogen and oxygen atoms in total. The number of amides is 5. The topological polar surface area (TPSA) is 184 Å². The fourth-order valence-corrected chi connectivity index (χ4v) is 12.4. The van der Waals surface area contributed by atoms with Gasteiger partial charge in [-0.2, -0.15) is 0 Å². The highest BCUT2D eigenvalue weighted by molar-refractivity contribution is 6.23. The van der Waals surface area contributed by atoms with Crippen LogP contribution in [0.3, 0.4) is 0 Å². The summed E-state index contributed by atoms with van der Waals surface area (Å²) in [6.07, 6.45) is 10.9. The lowest BCUT2D eigenvalue weighted by Gasteiger charge is -2.56. The summed E-state index contributed by atoms with van der Waals surface area (Å²) in [7, 11) is 0. The fourth-order valence-electron chi connectivity index (χ4n) is 12.4. The van der Waals surface area contributed by atoms with E-state index < -0.39 is 23.8 Å². The maximum atomic E-state index is 13.3. The van der Waals surface area contributed by atoms with Gasteiger partial charge in [-0.25, -0.2) is 15.0 Å². The van der Waals surface area contributed by atoms with Crippen molar-refractivity contribution in [2.24, 2.45) is 5.41 Å². The second-order valence-corrected chi connectivity index (χ2v) is 21.4. The zero-order valence-electron chi connectivity index (χ0n) is 41.8. The highest BCUT2D eigenvalue weighted by atomic mass is 16.2. The van der Waals surface area contributed by atoms with Crippen molar-refractivity contribution in [3.63, 3.8) is 0 Å². The Bertz CT molecular complexity index is 3000. The highest BCUT2D eigenvalue weighted by Gasteiger charge is 2.48. The number of nitrogens with one attached hydrogen (secondary N) is 3. The number of rotatable bonds is 12. The van der Waals surface area contributed by atoms with Crippen molar-refractivity contribution in [3.05, 3.63) is 102 Å². The number of imide groups is 2. The second kappa shape index (κ2) is 20.3. The third kappa shape index (κ3) is 9.71. The average Bonchev–Trinajstić information content (AvgIpc) is 3.94. The summed E-state index contributed by atoms with van der Waals surface area (Å²) in [5, 5.41) is 8.92. The first kappa shape index (κ1) is 47.8. The maximum Gasteiger partial charge on any atom is 0.262 e. The zero-order chi connectivity index (χ0) is 50.3. The highest BCUT2D eigenvalue weighted by Crippen LogP contribution is 2.51. The number of piperidine rings is 2. The van der Waals surface area contributed by atoms with Gasteiger partial charge in [-0.1, -0.05) is 42.2 Å². The molecule has 12 rings (SSSR count). The molecule has 2 aliphatic carbocycles. The second-order valence-electron chi connectivity index (χ2n) is 21.4. The molecule has 7 heterocycles. The van der Waals surface area contributed by atoms with Gasteiger partial charge in [0.05, 0.1) is 37.0 Å². The zero-order valence-corrected chi connectivity index (χ0v) is 41.8. The lowest BCUT2D eigenvalue weighted by molar-refractivity contribution is -0.136. The van der Waals surface area contributed by atoms with Gasteiger partial charge in [0.2, 0.25) is 17.7 Å². The number of carbonyl (C=O) groups excluding carboxylic acids is 5. The average molecular weight is 998 g/mol. The van der Waals surface area contributed by atoms with Crippen molar-refractivity contribution < 1.29 is 24.0 Å². The van der Waals surface area contributed by atoms with Crippen LogP contribution in [0.5, 0.6) is 0 Å². The van der Waals surface area contributed by atoms with Gasteiger partial charge in [-0.05, 0) is 111 Å². The van der Waals surface area contributed by atoms with Crippen LogP contribution in [0.4, 0.5) is 22.9 Å². The molecule has 18 heteroatoms. The Balaban J connectivity index is 0.539. The van der Waals surface area contributed by atoms with E-state index in [4.69, 9.17) is 4.98 Å². The van der Waals surface area contributed by atoms with E-state index in [1.807, 2.05) is 42.7 Å². The predicted octanol–water partition coefficient (Wildman–Crippen LogP) is 4.23. The Labute approximate surface area is 430 Å². The summed E-state index contributed by atoms with van der Waals surface area (Å²) in [4.78, 5) is 90.4. The molecule has 1 atom stereocenters. The van der Waals surface area contributed by atoms with Crippen LogP contribution >= 0.6 is 0 Å². The minimum absolute atomic E-state index is 0.0546. The Kier molecular flexibility index (Phi) is 13.1. The molecule has 1 unspecified atom stereocenters. The van der Waals surface area contributed by atoms with Crippen LogP contribution in [0, 0.1) is 17.3 Å². The van der Waals surface area contributed by atoms with Crippen molar-refractivity contribution >= 4 is 63.6 Å². The van der Waals surface area contributed by atoms with E-state index in [-0.39, 0.29) is 36.7 Å². The summed E-state index contributed by atoms with van der Waals surface area (Å²) in [5.41, 5.74) is 6.72. The number of hydrogen-bond acceptors (Lipinski definition) is 14. The van der Waals surface area contributed by atoms with Crippen molar-refractivity contribution in [1.82, 2.24) is 49.8 Å². The lowest BCUT2D eigenvalue weighted by Crippen LogP contribution is -2.59. The van der Waals surface area contributed by atoms with Crippen LogP contribution in [0.25, 0.3) is 11.2 Å². The molecule has 3 N–H and O–H groups in total. The van der Waals surface area contributed by atoms with Gasteiger partial charge >= 0.3 is 0 Å². The van der Waals surface area contributed by atoms with E-state index in [0.717, 1.165) is 124 Å². The monoisotopic (exact) mass is 998 g/mol. The summed E-state index contributed by atoms with van der Waals surface area (Å²) < 4.78 is 2.12. The van der Waals surface area contributed by atoms with E-state index in [9.17, 15) is 24.0 Å². The molecule has 2 aromatic heterocycles. The van der Waals surface area contributed by atoms with Crippen LogP contribution in [0.2, 0.25) is 0 Å². The Morgan fingerprint density at radius 3 is 2.12 bits per heavy atom. The molecular formula is C56H63N13O5. The SMILES string of the molecule is O=C1CCC(N2C(=O)c3ccc(N4CCN(CC#CCN5CCC6(CC5)CC(N5CCN(c7ccc(Nc8ncnc9c8ncn9C8CC(NC(=O)Cc9ccccc9)C8)cc7)CC5)C6)CC4)cc3C2=O)C(=O)N1. The van der Waals surface area contributed by atoms with Gasteiger partial charge in [-0.15, -0.1) is 0 Å². The van der Waals surface area contributed by atoms with Gasteiger partial charge in [0.25, 0.3) is 11.8 Å². The number of aromatic nitrogens is 4. The molecule has 2 saturated carbocycles. The number of piperazine rings is 2. The molecule has 5 aliphatic heterocycles. The Hall–Kier alpha value is -7.20. The number of imidazole rings is 1. The summed E-state index contributed by atoms with van der Waals surface area (Å²) in [5.74, 6) is 5.69. The van der Waals surface area contributed by atoms with Crippen LogP contribution in [0.1, 0.15) is 83.7 Å². The lowest BCUT2D eigenvalue weighted by atomic mass is 9.60. The van der Waals surface area contributed by atoms with Gasteiger partial charge in [-0.3, -0.25) is 48.9 Å². The predicted molar refractivity (Wildman–Crippen MR) is 280 cm³/mol. The van der Waals surface area contributed by atoms with E-state index in [2.05, 4.69) is 91.1 Å². The summed E-state index contributed by atoms with van der Waals surface area (Å²) in [6, 6.07) is 23.9. The maximum absolute atomic E-state index is 13.3. The number of benzene rings is 3. The number of likely N-dealkylation sites (tertiary alicyclic amines) is 1. The Morgan fingerprint density at radius 1 is 0.716 bits per heavy atom. The van der Waals surface area contributed by atoms with Crippen LogP contribution in [-0.2, 0) is 20.8 Å². The first-order valence-electron chi connectivity index (χ1n) is 26.5. The largest absolute Gasteiger partial charge is 0.369 e. The molecule has 5 aromatic rings. The van der Waals surface area contributed by atoms with E-state index >= 15 is 0 Å². The van der Waals surface area contributed by atoms with Gasteiger partial charge in [0.1, 0.15) is 12.4 Å². The molecule has 74 heavy (non-hydrogen) atoms. The Morgan fingerprint density at radius 2 is 1.39 bits per heavy atom. The molecular weight excluding hydrogens is 935 g/mol. The molecule has 7 aliphatic rings. The van der Waals surface area contributed by atoms with Crippen molar-refractivity contribution in [2.45, 2.75) is 82.0 Å². The quantitative estimate of drug-likeness (QED) is 0.119. The van der Waals surface area contributed by atoms with Crippen molar-refractivity contribution in [2.75, 3.05) is 93.7 Å². The molecule has 1 spiro atoms. The normalized spacial score (nSPS) is 23.5. The first-order valence-corrected chi connectivity index (χ1v) is 26.5. The molecule has 3 aromatic carbocycles. The number of carbonyl (C=O) groups is 5. The van der Waals surface area contributed by atoms with E-state index in [0.29, 0.717) is 34.8 Å². The van der Waals surface area contributed by atoms with Gasteiger partial charge < -0.3 is 25.0 Å². The molecule has 6 fully saturated rings. The van der Waals surface area contributed by atoms with E-state index in [1.165, 1.54) is 31.4 Å². The number of fused-ring (bicyclic) bond motifs is 2. The number of hydrogen-bond donors (Lipinski definition) is 3. The van der Waals surface area contributed by atoms with Crippen molar-refractivity contribution in [3.8, 4) is 11.8 Å². The van der Waals surface area contributed by atoms with Gasteiger partial charge in [0, 0.05) is 94.0 Å². The summed E-state index contributed by atoms with van der Waals surface area (Å²) >= 11 is 0. The standard InChI is InChI=1S/C56H63N13O5/c70-48-15-14-47(53(72)62-48)69-54(73)45-13-12-42(33-46(45)55(69)74)66-24-22-64(23-25-66)19-5-4-18-63-20-16-56(17-21-63)34-44(35-56)67-28-26-65(27-29-67)41-10-8-39(9-11-41)61-51-50-52(58-36-57-51)68(37-59-50)43-31-40(32-43)60-49(71)30-38-6-2-1-3-7-38/h1-3,6-13,33,36-37,40,43-44,47H,14-32,34-35H2,(H,60,71)(H,57,58,61)(H,62,70,72). The number of nitrogens with zero attached hydrogens (tertiary/aromatic N) is 10. The molecule has 382 valence electrons. The summed E-state index contributed by atoms with van der Waals surface area (Å²) in [6.45, 7) is 11.3. The number of anilines is 4. The molecule has 4 saturated heterocycles. The van der Waals surface area contributed by atoms with Crippen molar-refractivity contribution in [1.29, 1.82) is 0 Å². The molecule has 0 bridgehead atoms.